The Hall–Kier alpha value is -1.04. The summed E-state index contributed by atoms with van der Waals surface area (Å²) in [4.78, 5) is 22.7. The molecule has 1 N–H and O–H groups in total. The molecular weight excluding hydrogens is 278 g/mol. The third-order valence-corrected chi connectivity index (χ3v) is 1.76. The van der Waals surface area contributed by atoms with Crippen LogP contribution in [0.3, 0.4) is 0 Å². The second-order valence-electron chi connectivity index (χ2n) is 4.03. The van der Waals surface area contributed by atoms with Gasteiger partial charge in [0.05, 0.1) is 7.11 Å². The molecule has 0 aliphatic rings. The molecule has 0 unspecified atom stereocenters. The maximum Gasteiger partial charge on any atom is 0.412 e. The van der Waals surface area contributed by atoms with E-state index >= 15 is 0 Å². The van der Waals surface area contributed by atoms with Crippen molar-refractivity contribution in [3.05, 3.63) is 10.2 Å². The van der Waals surface area contributed by atoms with Crippen molar-refractivity contribution in [1.29, 1.82) is 0 Å². The van der Waals surface area contributed by atoms with E-state index in [-0.39, 0.29) is 5.70 Å². The molecule has 0 aromatic heterocycles. The number of methoxy groups -OCH3 is 1. The molecule has 92 valence electrons. The summed E-state index contributed by atoms with van der Waals surface area (Å²) in [5.74, 6) is -0.639. The highest BCUT2D eigenvalue weighted by atomic mass is 79.9. The highest BCUT2D eigenvalue weighted by Gasteiger charge is 2.20. The summed E-state index contributed by atoms with van der Waals surface area (Å²) in [7, 11) is 1.23. The summed E-state index contributed by atoms with van der Waals surface area (Å²) in [6.07, 6.45) is -0.702. The first-order valence-corrected chi connectivity index (χ1v) is 5.41. The van der Waals surface area contributed by atoms with E-state index in [9.17, 15) is 9.59 Å². The molecule has 0 aliphatic heterocycles. The van der Waals surface area contributed by atoms with E-state index in [4.69, 9.17) is 4.74 Å². The number of esters is 1. The molecule has 0 saturated carbocycles. The van der Waals surface area contributed by atoms with Crippen LogP contribution in [0, 0.1) is 0 Å². The van der Waals surface area contributed by atoms with Crippen LogP contribution >= 0.6 is 15.9 Å². The maximum absolute atomic E-state index is 11.4. The molecule has 16 heavy (non-hydrogen) atoms. The van der Waals surface area contributed by atoms with E-state index in [1.165, 1.54) is 7.11 Å². The van der Waals surface area contributed by atoms with E-state index < -0.39 is 17.7 Å². The molecule has 0 heterocycles. The summed E-state index contributed by atoms with van der Waals surface area (Å²) in [6, 6.07) is 0. The average Bonchev–Trinajstić information content (AvgIpc) is 2.09. The quantitative estimate of drug-likeness (QED) is 0.627. The van der Waals surface area contributed by atoms with Crippen LogP contribution in [-0.4, -0.2) is 24.8 Å². The van der Waals surface area contributed by atoms with Gasteiger partial charge in [0.1, 0.15) is 11.3 Å². The molecule has 0 aromatic carbocycles. The second kappa shape index (κ2) is 5.89. The molecule has 1 amide bonds. The molecule has 0 aromatic rings. The minimum atomic E-state index is -0.702. The lowest BCUT2D eigenvalue weighted by Crippen LogP contribution is -2.34. The summed E-state index contributed by atoms with van der Waals surface area (Å²) >= 11 is 3.10. The largest absolute Gasteiger partial charge is 0.464 e. The van der Waals surface area contributed by atoms with Gasteiger partial charge in [-0.1, -0.05) is 15.9 Å². The Morgan fingerprint density at radius 2 is 1.75 bits per heavy atom. The number of alkyl carbamates (subject to hydrolysis) is 1. The van der Waals surface area contributed by atoms with Crippen molar-refractivity contribution in [2.75, 3.05) is 7.11 Å². The van der Waals surface area contributed by atoms with Crippen LogP contribution in [-0.2, 0) is 14.3 Å². The van der Waals surface area contributed by atoms with Crippen LogP contribution in [0.2, 0.25) is 0 Å². The maximum atomic E-state index is 11.4. The molecule has 0 radical (unpaired) electrons. The smallest absolute Gasteiger partial charge is 0.412 e. The topological polar surface area (TPSA) is 64.6 Å². The Bertz CT molecular complexity index is 313. The second-order valence-corrected chi connectivity index (χ2v) is 5.22. The van der Waals surface area contributed by atoms with Gasteiger partial charge in [0.15, 0.2) is 0 Å². The van der Waals surface area contributed by atoms with Crippen molar-refractivity contribution in [1.82, 2.24) is 5.32 Å². The van der Waals surface area contributed by atoms with Crippen LogP contribution in [0.1, 0.15) is 27.7 Å². The molecule has 0 spiro atoms. The monoisotopic (exact) mass is 293 g/mol. The molecule has 6 heteroatoms. The molecule has 5 nitrogen and oxygen atoms in total. The van der Waals surface area contributed by atoms with Gasteiger partial charge < -0.3 is 9.47 Å². The van der Waals surface area contributed by atoms with E-state index in [0.29, 0.717) is 4.48 Å². The van der Waals surface area contributed by atoms with E-state index in [0.717, 1.165) is 0 Å². The van der Waals surface area contributed by atoms with Crippen LogP contribution in [0.5, 0.6) is 0 Å². The molecule has 0 bridgehead atoms. The summed E-state index contributed by atoms with van der Waals surface area (Å²) in [6.45, 7) is 6.81. The van der Waals surface area contributed by atoms with Gasteiger partial charge in [-0.05, 0) is 27.7 Å². The molecule has 0 saturated heterocycles. The van der Waals surface area contributed by atoms with Crippen molar-refractivity contribution in [3.63, 3.8) is 0 Å². The van der Waals surface area contributed by atoms with Gasteiger partial charge in [-0.15, -0.1) is 0 Å². The fourth-order valence-corrected chi connectivity index (χ4v) is 1.05. The first-order chi connectivity index (χ1) is 7.17. The lowest BCUT2D eigenvalue weighted by Gasteiger charge is -2.20. The Labute approximate surface area is 103 Å². The Kier molecular flexibility index (Phi) is 5.50. The van der Waals surface area contributed by atoms with E-state index in [1.807, 2.05) is 0 Å². The Balaban J connectivity index is 4.63. The minimum Gasteiger partial charge on any atom is -0.464 e. The fourth-order valence-electron chi connectivity index (χ4n) is 0.786. The van der Waals surface area contributed by atoms with E-state index in [1.54, 1.807) is 27.7 Å². The highest BCUT2D eigenvalue weighted by molar-refractivity contribution is 9.11. The standard InChI is InChI=1S/C10H16BrNO4/c1-6(11)7(8(13)15-5)12-9(14)16-10(2,3)4/h1-5H3,(H,12,14)/b7-6-. The number of ether oxygens (including phenoxy) is 2. The van der Waals surface area contributed by atoms with Crippen LogP contribution in [0.15, 0.2) is 10.2 Å². The molecule has 0 fully saturated rings. The molecule has 0 aliphatic carbocycles. The molecular formula is C10H16BrNO4. The van der Waals surface area contributed by atoms with Crippen molar-refractivity contribution in [2.45, 2.75) is 33.3 Å². The highest BCUT2D eigenvalue weighted by Crippen LogP contribution is 2.12. The van der Waals surface area contributed by atoms with Crippen LogP contribution in [0.25, 0.3) is 0 Å². The van der Waals surface area contributed by atoms with Gasteiger partial charge in [0.2, 0.25) is 0 Å². The fraction of sp³-hybridized carbons (Fsp3) is 0.600. The lowest BCUT2D eigenvalue weighted by atomic mass is 10.2. The third kappa shape index (κ3) is 5.75. The SMILES string of the molecule is COC(=O)/C(NC(=O)OC(C)(C)C)=C(\C)Br. The molecule has 0 atom stereocenters. The van der Waals surface area contributed by atoms with Gasteiger partial charge in [-0.2, -0.15) is 0 Å². The van der Waals surface area contributed by atoms with Crippen molar-refractivity contribution < 1.29 is 19.1 Å². The predicted molar refractivity (Wildman–Crippen MR) is 63.0 cm³/mol. The summed E-state index contributed by atoms with van der Waals surface area (Å²) in [5, 5.41) is 2.32. The first kappa shape index (κ1) is 15.0. The molecule has 0 rings (SSSR count). The number of rotatable bonds is 2. The number of hydrogen-bond donors (Lipinski definition) is 1. The third-order valence-electron chi connectivity index (χ3n) is 1.36. The van der Waals surface area contributed by atoms with Crippen LogP contribution < -0.4 is 5.32 Å². The van der Waals surface area contributed by atoms with Crippen molar-refractivity contribution >= 4 is 28.0 Å². The first-order valence-electron chi connectivity index (χ1n) is 4.62. The summed E-state index contributed by atoms with van der Waals surface area (Å²) < 4.78 is 9.97. The van der Waals surface area contributed by atoms with Gasteiger partial charge in [-0.3, -0.25) is 5.32 Å². The summed E-state index contributed by atoms with van der Waals surface area (Å²) in [5.41, 5.74) is -0.595. The van der Waals surface area contributed by atoms with Crippen LogP contribution in [0.4, 0.5) is 4.79 Å². The zero-order valence-electron chi connectivity index (χ0n) is 10.0. The van der Waals surface area contributed by atoms with Gasteiger partial charge in [0, 0.05) is 4.48 Å². The zero-order valence-corrected chi connectivity index (χ0v) is 11.6. The Morgan fingerprint density at radius 1 is 1.25 bits per heavy atom. The van der Waals surface area contributed by atoms with Crippen molar-refractivity contribution in [3.8, 4) is 0 Å². The van der Waals surface area contributed by atoms with Gasteiger partial charge in [-0.25, -0.2) is 9.59 Å². The number of hydrogen-bond acceptors (Lipinski definition) is 4. The number of carbonyl (C=O) groups is 2. The number of nitrogens with one attached hydrogen (secondary N) is 1. The predicted octanol–water partition coefficient (Wildman–Crippen LogP) is 2.31. The number of halogens is 1. The van der Waals surface area contributed by atoms with Gasteiger partial charge in [0.25, 0.3) is 0 Å². The average molecular weight is 294 g/mol. The normalized spacial score (nSPS) is 12.6. The minimum absolute atomic E-state index is 0.0248. The number of allylic oxidation sites excluding steroid dienone is 1. The lowest BCUT2D eigenvalue weighted by molar-refractivity contribution is -0.136. The number of amides is 1. The number of carbonyl (C=O) groups excluding carboxylic acids is 2. The van der Waals surface area contributed by atoms with E-state index in [2.05, 4.69) is 26.0 Å². The van der Waals surface area contributed by atoms with Gasteiger partial charge >= 0.3 is 12.1 Å². The zero-order chi connectivity index (χ0) is 12.9. The Morgan fingerprint density at radius 3 is 2.06 bits per heavy atom. The van der Waals surface area contributed by atoms with Crippen molar-refractivity contribution in [2.24, 2.45) is 0 Å².